The van der Waals surface area contributed by atoms with E-state index in [1.54, 1.807) is 48.7 Å². The maximum Gasteiger partial charge on any atom is 0.296 e. The van der Waals surface area contributed by atoms with Gasteiger partial charge in [-0.25, -0.2) is 0 Å². The van der Waals surface area contributed by atoms with Gasteiger partial charge in [-0.2, -0.15) is 0 Å². The van der Waals surface area contributed by atoms with Crippen LogP contribution < -0.4 is 9.47 Å². The van der Waals surface area contributed by atoms with E-state index < -0.39 is 17.7 Å². The number of rotatable bonds is 6. The van der Waals surface area contributed by atoms with Crippen molar-refractivity contribution in [1.29, 1.82) is 0 Å². The van der Waals surface area contributed by atoms with Crippen LogP contribution in [-0.2, 0) is 16.1 Å². The number of methoxy groups -OCH3 is 2. The van der Waals surface area contributed by atoms with E-state index in [0.29, 0.717) is 28.3 Å². The Labute approximate surface area is 190 Å². The maximum absolute atomic E-state index is 13.1. The summed E-state index contributed by atoms with van der Waals surface area (Å²) < 4.78 is 10.5. The number of ether oxygens (including phenoxy) is 2. The Morgan fingerprint density at radius 3 is 2.36 bits per heavy atom. The van der Waals surface area contributed by atoms with Crippen molar-refractivity contribution < 1.29 is 29.3 Å². The average Bonchev–Trinajstić information content (AvgIpc) is 3.09. The van der Waals surface area contributed by atoms with E-state index in [4.69, 9.17) is 9.47 Å². The van der Waals surface area contributed by atoms with Crippen LogP contribution >= 0.6 is 0 Å². The molecule has 1 atom stereocenters. The van der Waals surface area contributed by atoms with Gasteiger partial charge in [0.05, 0.1) is 38.1 Å². The molecule has 2 heterocycles. The molecule has 1 aliphatic heterocycles. The standard InChI is InChI=1S/C25H22N2O6/c1-32-19-11-8-16(13-20(19)33-2)23(29)21-22(15-6-9-18(28)10-7-15)27(25(31)24(21)30)14-17-5-3-4-12-26-17/h3-13,22,28-29H,14H2,1-2H3/b23-21-. The predicted octanol–water partition coefficient (Wildman–Crippen LogP) is 3.43. The van der Waals surface area contributed by atoms with E-state index in [1.807, 2.05) is 0 Å². The van der Waals surface area contributed by atoms with Gasteiger partial charge in [-0.05, 0) is 48.0 Å². The molecule has 0 spiro atoms. The fourth-order valence-electron chi connectivity index (χ4n) is 3.85. The summed E-state index contributed by atoms with van der Waals surface area (Å²) in [5.41, 5.74) is 1.39. The highest BCUT2D eigenvalue weighted by Crippen LogP contribution is 2.41. The van der Waals surface area contributed by atoms with Crippen LogP contribution in [0.1, 0.15) is 22.9 Å². The number of aliphatic hydroxyl groups is 1. The Morgan fingerprint density at radius 2 is 1.73 bits per heavy atom. The number of benzene rings is 2. The molecule has 1 amide bonds. The van der Waals surface area contributed by atoms with Crippen molar-refractivity contribution in [2.45, 2.75) is 12.6 Å². The molecule has 0 aliphatic carbocycles. The van der Waals surface area contributed by atoms with Crippen molar-refractivity contribution in [3.05, 3.63) is 89.3 Å². The molecule has 1 saturated heterocycles. The highest BCUT2D eigenvalue weighted by Gasteiger charge is 2.46. The van der Waals surface area contributed by atoms with Crippen LogP contribution in [0.5, 0.6) is 17.2 Å². The Kier molecular flexibility index (Phi) is 5.99. The molecule has 33 heavy (non-hydrogen) atoms. The number of amides is 1. The fourth-order valence-corrected chi connectivity index (χ4v) is 3.85. The Hall–Kier alpha value is -4.33. The minimum Gasteiger partial charge on any atom is -0.508 e. The number of hydrogen-bond acceptors (Lipinski definition) is 7. The normalized spacial score (nSPS) is 17.3. The van der Waals surface area contributed by atoms with Gasteiger partial charge in [0, 0.05) is 11.8 Å². The van der Waals surface area contributed by atoms with Crippen molar-refractivity contribution in [3.63, 3.8) is 0 Å². The zero-order valence-electron chi connectivity index (χ0n) is 18.1. The predicted molar refractivity (Wildman–Crippen MR) is 120 cm³/mol. The molecule has 0 saturated carbocycles. The molecule has 2 aromatic carbocycles. The summed E-state index contributed by atoms with van der Waals surface area (Å²) in [6.07, 6.45) is 1.60. The molecule has 0 radical (unpaired) electrons. The first-order chi connectivity index (χ1) is 15.9. The van der Waals surface area contributed by atoms with Gasteiger partial charge in [0.1, 0.15) is 11.5 Å². The van der Waals surface area contributed by atoms with Crippen LogP contribution in [0.15, 0.2) is 72.4 Å². The van der Waals surface area contributed by atoms with Crippen molar-refractivity contribution in [3.8, 4) is 17.2 Å². The van der Waals surface area contributed by atoms with Gasteiger partial charge in [-0.3, -0.25) is 14.6 Å². The lowest BCUT2D eigenvalue weighted by Gasteiger charge is -2.25. The third-order valence-electron chi connectivity index (χ3n) is 5.46. The number of aromatic nitrogens is 1. The third kappa shape index (κ3) is 4.10. The number of phenols is 1. The van der Waals surface area contributed by atoms with Crippen LogP contribution in [0.2, 0.25) is 0 Å². The van der Waals surface area contributed by atoms with Gasteiger partial charge >= 0.3 is 0 Å². The number of Topliss-reactive ketones (excluding diaryl/α,β-unsaturated/α-hetero) is 1. The van der Waals surface area contributed by atoms with E-state index in [1.165, 1.54) is 37.3 Å². The molecule has 8 nitrogen and oxygen atoms in total. The molecular weight excluding hydrogens is 424 g/mol. The number of carbonyl (C=O) groups excluding carboxylic acids is 2. The van der Waals surface area contributed by atoms with E-state index in [2.05, 4.69) is 4.98 Å². The zero-order chi connectivity index (χ0) is 23.5. The molecule has 1 aromatic heterocycles. The zero-order valence-corrected chi connectivity index (χ0v) is 18.1. The summed E-state index contributed by atoms with van der Waals surface area (Å²) in [5, 5.41) is 20.9. The number of phenolic OH excluding ortho intramolecular Hbond substituents is 1. The monoisotopic (exact) mass is 446 g/mol. The second kappa shape index (κ2) is 9.04. The summed E-state index contributed by atoms with van der Waals surface area (Å²) in [6.45, 7) is 0.0691. The first kappa shape index (κ1) is 21.9. The van der Waals surface area contributed by atoms with E-state index in [0.717, 1.165) is 0 Å². The number of ketones is 1. The van der Waals surface area contributed by atoms with Crippen molar-refractivity contribution in [2.75, 3.05) is 14.2 Å². The molecule has 3 aromatic rings. The number of aliphatic hydroxyl groups excluding tert-OH is 1. The largest absolute Gasteiger partial charge is 0.508 e. The number of nitrogens with zero attached hydrogens (tertiary/aromatic N) is 2. The lowest BCUT2D eigenvalue weighted by atomic mass is 9.95. The van der Waals surface area contributed by atoms with Gasteiger partial charge in [-0.15, -0.1) is 0 Å². The number of hydrogen-bond donors (Lipinski definition) is 2. The van der Waals surface area contributed by atoms with Crippen LogP contribution in [0, 0.1) is 0 Å². The van der Waals surface area contributed by atoms with Crippen molar-refractivity contribution in [2.24, 2.45) is 0 Å². The molecule has 1 aliphatic rings. The van der Waals surface area contributed by atoms with E-state index >= 15 is 0 Å². The molecular formula is C25H22N2O6. The van der Waals surface area contributed by atoms with Crippen LogP contribution in [0.4, 0.5) is 0 Å². The summed E-state index contributed by atoms with van der Waals surface area (Å²) >= 11 is 0. The van der Waals surface area contributed by atoms with Crippen LogP contribution in [-0.4, -0.2) is 46.0 Å². The lowest BCUT2D eigenvalue weighted by Crippen LogP contribution is -2.29. The number of carbonyl (C=O) groups is 2. The quantitative estimate of drug-likeness (QED) is 0.339. The summed E-state index contributed by atoms with van der Waals surface area (Å²) in [6, 6.07) is 15.3. The summed E-state index contributed by atoms with van der Waals surface area (Å²) in [7, 11) is 2.95. The molecule has 2 N–H and O–H groups in total. The molecule has 1 fully saturated rings. The van der Waals surface area contributed by atoms with E-state index in [9.17, 15) is 19.8 Å². The van der Waals surface area contributed by atoms with Gasteiger partial charge < -0.3 is 24.6 Å². The number of pyridine rings is 1. The molecule has 4 rings (SSSR count). The van der Waals surface area contributed by atoms with Gasteiger partial charge in [0.15, 0.2) is 11.5 Å². The van der Waals surface area contributed by atoms with Crippen LogP contribution in [0.25, 0.3) is 5.76 Å². The SMILES string of the molecule is COc1ccc(/C(O)=C2/C(=O)C(=O)N(Cc3ccccn3)C2c2ccc(O)cc2)cc1OC. The highest BCUT2D eigenvalue weighted by atomic mass is 16.5. The Morgan fingerprint density at radius 1 is 1.00 bits per heavy atom. The average molecular weight is 446 g/mol. The highest BCUT2D eigenvalue weighted by molar-refractivity contribution is 6.46. The van der Waals surface area contributed by atoms with E-state index in [-0.39, 0.29) is 23.6 Å². The second-order valence-corrected chi connectivity index (χ2v) is 7.41. The molecule has 0 bridgehead atoms. The Balaban J connectivity index is 1.86. The Bertz CT molecular complexity index is 1220. The molecule has 8 heteroatoms. The van der Waals surface area contributed by atoms with Crippen LogP contribution in [0.3, 0.4) is 0 Å². The minimum absolute atomic E-state index is 0.0420. The maximum atomic E-state index is 13.1. The smallest absolute Gasteiger partial charge is 0.296 e. The second-order valence-electron chi connectivity index (χ2n) is 7.41. The summed E-state index contributed by atoms with van der Waals surface area (Å²) in [4.78, 5) is 31.8. The van der Waals surface area contributed by atoms with Crippen molar-refractivity contribution >= 4 is 17.4 Å². The first-order valence-corrected chi connectivity index (χ1v) is 10.1. The van der Waals surface area contributed by atoms with Gasteiger partial charge in [0.25, 0.3) is 11.7 Å². The lowest BCUT2D eigenvalue weighted by molar-refractivity contribution is -0.140. The third-order valence-corrected chi connectivity index (χ3v) is 5.46. The number of aromatic hydroxyl groups is 1. The van der Waals surface area contributed by atoms with Gasteiger partial charge in [0.2, 0.25) is 0 Å². The molecule has 168 valence electrons. The van der Waals surface area contributed by atoms with Crippen molar-refractivity contribution in [1.82, 2.24) is 9.88 Å². The van der Waals surface area contributed by atoms with Gasteiger partial charge in [-0.1, -0.05) is 18.2 Å². The first-order valence-electron chi connectivity index (χ1n) is 10.1. The molecule has 1 unspecified atom stereocenters. The minimum atomic E-state index is -0.874. The number of likely N-dealkylation sites (tertiary alicyclic amines) is 1. The fraction of sp³-hybridized carbons (Fsp3) is 0.160. The topological polar surface area (TPSA) is 109 Å². The summed E-state index contributed by atoms with van der Waals surface area (Å²) in [5.74, 6) is -1.03.